The van der Waals surface area contributed by atoms with Crippen LogP contribution >= 0.6 is 11.6 Å². The summed E-state index contributed by atoms with van der Waals surface area (Å²) < 4.78 is 19.1. The molecule has 1 aromatic carbocycles. The predicted octanol–water partition coefficient (Wildman–Crippen LogP) is 3.08. The van der Waals surface area contributed by atoms with Gasteiger partial charge in [0.15, 0.2) is 0 Å². The first-order valence-electron chi connectivity index (χ1n) is 10.4. The predicted molar refractivity (Wildman–Crippen MR) is 114 cm³/mol. The van der Waals surface area contributed by atoms with Crippen molar-refractivity contribution < 1.29 is 18.7 Å². The fourth-order valence-corrected chi connectivity index (χ4v) is 4.68. The molecule has 0 bridgehead atoms. The second-order valence-electron chi connectivity index (χ2n) is 8.23. The van der Waals surface area contributed by atoms with Crippen LogP contribution in [-0.2, 0) is 9.53 Å². The molecule has 1 aromatic rings. The van der Waals surface area contributed by atoms with Crippen LogP contribution in [-0.4, -0.2) is 67.7 Å². The van der Waals surface area contributed by atoms with Crippen molar-refractivity contribution >= 4 is 29.2 Å². The van der Waals surface area contributed by atoms with E-state index < -0.39 is 11.2 Å². The van der Waals surface area contributed by atoms with Crippen LogP contribution in [0.15, 0.2) is 18.2 Å². The molecule has 2 saturated heterocycles. The van der Waals surface area contributed by atoms with E-state index >= 15 is 0 Å². The largest absolute Gasteiger partial charge is 0.385 e. The van der Waals surface area contributed by atoms with E-state index in [1.165, 1.54) is 18.2 Å². The van der Waals surface area contributed by atoms with Crippen molar-refractivity contribution in [1.29, 1.82) is 0 Å². The third-order valence-electron chi connectivity index (χ3n) is 6.35. The highest BCUT2D eigenvalue weighted by atomic mass is 35.5. The number of anilines is 1. The molecule has 2 aliphatic heterocycles. The number of benzene rings is 1. The zero-order valence-corrected chi connectivity index (χ0v) is 18.1. The van der Waals surface area contributed by atoms with Crippen LogP contribution in [0.3, 0.4) is 0 Å². The number of nitrogens with zero attached hydrogens (tertiary/aromatic N) is 2. The summed E-state index contributed by atoms with van der Waals surface area (Å²) in [5, 5.41) is 2.90. The molecule has 166 valence electrons. The van der Waals surface area contributed by atoms with E-state index in [1.807, 2.05) is 0 Å². The van der Waals surface area contributed by atoms with Gasteiger partial charge in [0.1, 0.15) is 5.82 Å². The number of hydrogen-bond acceptors (Lipinski definition) is 4. The fraction of sp³-hybridized carbons (Fsp3) is 0.619. The van der Waals surface area contributed by atoms with Crippen molar-refractivity contribution in [2.24, 2.45) is 11.1 Å². The maximum absolute atomic E-state index is 13.9. The molecule has 3 amide bonds. The summed E-state index contributed by atoms with van der Waals surface area (Å²) in [5.41, 5.74) is 5.34. The highest BCUT2D eigenvalue weighted by Crippen LogP contribution is 2.35. The van der Waals surface area contributed by atoms with Crippen LogP contribution in [0.1, 0.15) is 32.1 Å². The van der Waals surface area contributed by atoms with Gasteiger partial charge in [-0.1, -0.05) is 11.6 Å². The number of piperidine rings is 2. The lowest BCUT2D eigenvalue weighted by molar-refractivity contribution is -0.133. The first-order valence-corrected chi connectivity index (χ1v) is 10.8. The summed E-state index contributed by atoms with van der Waals surface area (Å²) in [6.07, 6.45) is 3.94. The molecule has 0 spiro atoms. The lowest BCUT2D eigenvalue weighted by Crippen LogP contribution is -2.56. The minimum Gasteiger partial charge on any atom is -0.385 e. The van der Waals surface area contributed by atoms with Gasteiger partial charge in [0.2, 0.25) is 5.91 Å². The lowest BCUT2D eigenvalue weighted by atomic mass is 9.76. The van der Waals surface area contributed by atoms with Gasteiger partial charge in [-0.2, -0.15) is 0 Å². The zero-order chi connectivity index (χ0) is 21.7. The van der Waals surface area contributed by atoms with Gasteiger partial charge in [0, 0.05) is 44.4 Å². The van der Waals surface area contributed by atoms with Gasteiger partial charge in [-0.05, 0) is 56.8 Å². The van der Waals surface area contributed by atoms with Gasteiger partial charge in [0.25, 0.3) is 0 Å². The topological polar surface area (TPSA) is 87.9 Å². The van der Waals surface area contributed by atoms with Gasteiger partial charge in [0.05, 0.1) is 11.1 Å². The number of rotatable bonds is 6. The smallest absolute Gasteiger partial charge is 0.321 e. The molecule has 1 atom stereocenters. The summed E-state index contributed by atoms with van der Waals surface area (Å²) in [5.74, 6) is -0.816. The molecular formula is C21H30ClFN4O3. The van der Waals surface area contributed by atoms with Crippen molar-refractivity contribution in [2.75, 3.05) is 45.2 Å². The Kier molecular flexibility index (Phi) is 7.55. The summed E-state index contributed by atoms with van der Waals surface area (Å²) in [4.78, 5) is 28.8. The highest BCUT2D eigenvalue weighted by Gasteiger charge is 2.42. The van der Waals surface area contributed by atoms with Crippen molar-refractivity contribution in [1.82, 2.24) is 9.80 Å². The Morgan fingerprint density at radius 3 is 2.70 bits per heavy atom. The van der Waals surface area contributed by atoms with Crippen molar-refractivity contribution in [3.63, 3.8) is 0 Å². The number of methoxy groups -OCH3 is 1. The van der Waals surface area contributed by atoms with Crippen LogP contribution < -0.4 is 11.1 Å². The number of primary amides is 1. The average molecular weight is 441 g/mol. The Labute approximate surface area is 181 Å². The maximum Gasteiger partial charge on any atom is 0.321 e. The molecule has 9 heteroatoms. The van der Waals surface area contributed by atoms with E-state index in [1.54, 1.807) is 12.0 Å². The standard InChI is InChI=1S/C21H30ClFN4O3/c1-30-12-8-21(19(24)28)7-2-9-27(14-21)16-5-10-26(11-6-16)20(29)25-18-4-3-15(22)13-17(18)23/h3-4,13,16H,2,5-12,14H2,1H3,(H2,24,28)(H,25,29). The Morgan fingerprint density at radius 2 is 2.07 bits per heavy atom. The Morgan fingerprint density at radius 1 is 1.33 bits per heavy atom. The van der Waals surface area contributed by atoms with Crippen LogP contribution in [0.2, 0.25) is 5.02 Å². The molecule has 1 unspecified atom stereocenters. The third kappa shape index (κ3) is 5.22. The summed E-state index contributed by atoms with van der Waals surface area (Å²) in [7, 11) is 1.63. The SMILES string of the molecule is COCCC1(C(N)=O)CCCN(C2CCN(C(=O)Nc3ccc(Cl)cc3F)CC2)C1. The molecule has 2 heterocycles. The molecule has 30 heavy (non-hydrogen) atoms. The third-order valence-corrected chi connectivity index (χ3v) is 6.59. The normalized spacial score (nSPS) is 23.4. The number of halogens is 2. The summed E-state index contributed by atoms with van der Waals surface area (Å²) >= 11 is 5.76. The van der Waals surface area contributed by atoms with Gasteiger partial charge in [-0.15, -0.1) is 0 Å². The van der Waals surface area contributed by atoms with Crippen molar-refractivity contribution in [3.8, 4) is 0 Å². The molecule has 3 N–H and O–H groups in total. The Bertz CT molecular complexity index is 773. The number of urea groups is 1. The zero-order valence-electron chi connectivity index (χ0n) is 17.3. The number of ether oxygens (including phenoxy) is 1. The molecule has 0 saturated carbocycles. The quantitative estimate of drug-likeness (QED) is 0.711. The molecule has 0 aromatic heterocycles. The number of likely N-dealkylation sites (tertiary alicyclic amines) is 2. The number of carbonyl (C=O) groups is 2. The number of carbonyl (C=O) groups excluding carboxylic acids is 2. The Balaban J connectivity index is 1.55. The van der Waals surface area contributed by atoms with Crippen molar-refractivity contribution in [3.05, 3.63) is 29.0 Å². The number of nitrogens with one attached hydrogen (secondary N) is 1. The average Bonchev–Trinajstić information content (AvgIpc) is 2.74. The second-order valence-corrected chi connectivity index (χ2v) is 8.67. The highest BCUT2D eigenvalue weighted by molar-refractivity contribution is 6.30. The fourth-order valence-electron chi connectivity index (χ4n) is 4.52. The van der Waals surface area contributed by atoms with E-state index in [4.69, 9.17) is 22.1 Å². The molecule has 2 aliphatic rings. The van der Waals surface area contributed by atoms with Gasteiger partial charge in [-0.3, -0.25) is 9.69 Å². The van der Waals surface area contributed by atoms with Crippen LogP contribution in [0.25, 0.3) is 0 Å². The maximum atomic E-state index is 13.9. The number of nitrogens with two attached hydrogens (primary N) is 1. The first kappa shape index (κ1) is 22.8. The lowest BCUT2D eigenvalue weighted by Gasteiger charge is -2.46. The molecule has 3 rings (SSSR count). The minimum absolute atomic E-state index is 0.118. The first-order chi connectivity index (χ1) is 14.3. The van der Waals surface area contributed by atoms with Crippen LogP contribution in [0.4, 0.5) is 14.9 Å². The molecule has 0 aliphatic carbocycles. The van der Waals surface area contributed by atoms with Crippen molar-refractivity contribution in [2.45, 2.75) is 38.1 Å². The summed E-state index contributed by atoms with van der Waals surface area (Å²) in [6.45, 7) is 3.22. The molecule has 0 radical (unpaired) electrons. The monoisotopic (exact) mass is 440 g/mol. The molecule has 2 fully saturated rings. The van der Waals surface area contributed by atoms with Crippen LogP contribution in [0.5, 0.6) is 0 Å². The van der Waals surface area contributed by atoms with Gasteiger partial charge in [-0.25, -0.2) is 9.18 Å². The van der Waals surface area contributed by atoms with Gasteiger partial charge < -0.3 is 20.7 Å². The van der Waals surface area contributed by atoms with E-state index in [0.717, 1.165) is 32.2 Å². The van der Waals surface area contributed by atoms with E-state index in [9.17, 15) is 14.0 Å². The second kappa shape index (κ2) is 9.94. The van der Waals surface area contributed by atoms with E-state index in [-0.39, 0.29) is 22.6 Å². The van der Waals surface area contributed by atoms with E-state index in [0.29, 0.717) is 38.7 Å². The van der Waals surface area contributed by atoms with Crippen LogP contribution in [0, 0.1) is 11.2 Å². The minimum atomic E-state index is -0.557. The number of hydrogen-bond donors (Lipinski definition) is 2. The molecule has 7 nitrogen and oxygen atoms in total. The Hall–Kier alpha value is -1.90. The van der Waals surface area contributed by atoms with E-state index in [2.05, 4.69) is 10.2 Å². The van der Waals surface area contributed by atoms with Gasteiger partial charge >= 0.3 is 6.03 Å². The molecular weight excluding hydrogens is 411 g/mol. The summed E-state index contributed by atoms with van der Waals surface area (Å²) in [6, 6.07) is 4.15. The number of amides is 3.